The van der Waals surface area contributed by atoms with Crippen molar-refractivity contribution in [3.8, 4) is 11.5 Å². The lowest BCUT2D eigenvalue weighted by Gasteiger charge is -2.29. The van der Waals surface area contributed by atoms with E-state index in [1.807, 2.05) is 6.92 Å². The van der Waals surface area contributed by atoms with Gasteiger partial charge in [0.2, 0.25) is 10.0 Å². The minimum Gasteiger partial charge on any atom is -0.493 e. The molecular formula is C19H24ClNO5S. The van der Waals surface area contributed by atoms with E-state index in [-0.39, 0.29) is 18.0 Å². The van der Waals surface area contributed by atoms with Gasteiger partial charge in [0.05, 0.1) is 25.7 Å². The monoisotopic (exact) mass is 413 g/mol. The number of sulfonamides is 1. The van der Waals surface area contributed by atoms with E-state index in [0.29, 0.717) is 22.9 Å². The molecular weight excluding hydrogens is 390 g/mol. The smallest absolute Gasteiger partial charge is 0.243 e. The number of aliphatic hydroxyl groups is 1. The van der Waals surface area contributed by atoms with Gasteiger partial charge in [-0.3, -0.25) is 0 Å². The Morgan fingerprint density at radius 3 is 2.22 bits per heavy atom. The van der Waals surface area contributed by atoms with Crippen LogP contribution in [0.1, 0.15) is 18.9 Å². The van der Waals surface area contributed by atoms with Gasteiger partial charge in [-0.2, -0.15) is 4.31 Å². The summed E-state index contributed by atoms with van der Waals surface area (Å²) >= 11 is 5.88. The summed E-state index contributed by atoms with van der Waals surface area (Å²) in [5.41, 5.74) is 0.720. The van der Waals surface area contributed by atoms with Gasteiger partial charge in [-0.25, -0.2) is 8.42 Å². The third-order valence-electron chi connectivity index (χ3n) is 4.30. The summed E-state index contributed by atoms with van der Waals surface area (Å²) in [6, 6.07) is 10.7. The zero-order chi connectivity index (χ0) is 20.0. The lowest BCUT2D eigenvalue weighted by molar-refractivity contribution is 0.179. The molecule has 8 heteroatoms. The molecule has 0 aromatic heterocycles. The van der Waals surface area contributed by atoms with Crippen LogP contribution in [0.2, 0.25) is 5.02 Å². The lowest BCUT2D eigenvalue weighted by Crippen LogP contribution is -2.41. The molecule has 6 nitrogen and oxygen atoms in total. The van der Waals surface area contributed by atoms with Crippen molar-refractivity contribution in [3.05, 3.63) is 53.1 Å². The van der Waals surface area contributed by atoms with Crippen LogP contribution in [0.15, 0.2) is 47.4 Å². The van der Waals surface area contributed by atoms with Crippen LogP contribution < -0.4 is 9.47 Å². The van der Waals surface area contributed by atoms with E-state index in [0.717, 1.165) is 5.56 Å². The van der Waals surface area contributed by atoms with Crippen molar-refractivity contribution < 1.29 is 23.0 Å². The molecule has 0 radical (unpaired) electrons. The largest absolute Gasteiger partial charge is 0.493 e. The van der Waals surface area contributed by atoms with Crippen LogP contribution in [-0.2, 0) is 16.6 Å². The lowest BCUT2D eigenvalue weighted by atomic mass is 10.1. The molecule has 0 aliphatic heterocycles. The van der Waals surface area contributed by atoms with E-state index in [2.05, 4.69) is 0 Å². The minimum absolute atomic E-state index is 0.0877. The number of rotatable bonds is 9. The molecule has 1 N–H and O–H groups in total. The molecule has 0 spiro atoms. The maximum atomic E-state index is 13.2. The maximum absolute atomic E-state index is 13.2. The Morgan fingerprint density at radius 1 is 1.07 bits per heavy atom. The number of halogens is 1. The predicted octanol–water partition coefficient (Wildman–Crippen LogP) is 3.32. The fourth-order valence-electron chi connectivity index (χ4n) is 2.74. The van der Waals surface area contributed by atoms with Crippen LogP contribution in [0.5, 0.6) is 11.5 Å². The summed E-state index contributed by atoms with van der Waals surface area (Å²) in [5.74, 6) is 1.07. The first kappa shape index (κ1) is 21.5. The quantitative estimate of drug-likeness (QED) is 0.682. The summed E-state index contributed by atoms with van der Waals surface area (Å²) < 4.78 is 38.2. The van der Waals surface area contributed by atoms with Gasteiger partial charge in [-0.1, -0.05) is 24.6 Å². The number of nitrogens with zero attached hydrogens (tertiary/aromatic N) is 1. The summed E-state index contributed by atoms with van der Waals surface area (Å²) in [6.07, 6.45) is 0.469. The molecule has 0 heterocycles. The van der Waals surface area contributed by atoms with Gasteiger partial charge in [0.25, 0.3) is 0 Å². The molecule has 2 aromatic carbocycles. The average molecular weight is 414 g/mol. The van der Waals surface area contributed by atoms with E-state index in [9.17, 15) is 13.5 Å². The summed E-state index contributed by atoms with van der Waals surface area (Å²) in [7, 11) is -0.776. The first-order valence-corrected chi connectivity index (χ1v) is 10.3. The highest BCUT2D eigenvalue weighted by molar-refractivity contribution is 7.89. The van der Waals surface area contributed by atoms with Crippen molar-refractivity contribution in [1.82, 2.24) is 4.31 Å². The van der Waals surface area contributed by atoms with E-state index < -0.39 is 16.1 Å². The average Bonchev–Trinajstić information content (AvgIpc) is 2.68. The molecule has 0 saturated carbocycles. The first-order chi connectivity index (χ1) is 12.9. The van der Waals surface area contributed by atoms with Gasteiger partial charge in [0.1, 0.15) is 0 Å². The molecule has 1 atom stereocenters. The van der Waals surface area contributed by atoms with Crippen molar-refractivity contribution in [2.75, 3.05) is 20.8 Å². The fraction of sp³-hybridized carbons (Fsp3) is 0.368. The maximum Gasteiger partial charge on any atom is 0.243 e. The topological polar surface area (TPSA) is 76.1 Å². The molecule has 0 aliphatic carbocycles. The first-order valence-electron chi connectivity index (χ1n) is 8.46. The molecule has 0 aliphatic rings. The van der Waals surface area contributed by atoms with Gasteiger partial charge in [0.15, 0.2) is 11.5 Å². The second-order valence-corrected chi connectivity index (χ2v) is 8.27. The van der Waals surface area contributed by atoms with E-state index in [1.165, 1.54) is 42.8 Å². The van der Waals surface area contributed by atoms with Gasteiger partial charge in [-0.15, -0.1) is 0 Å². The fourth-order valence-corrected chi connectivity index (χ4v) is 4.54. The number of aliphatic hydroxyl groups excluding tert-OH is 1. The molecule has 0 fully saturated rings. The standard InChI is InChI=1S/C19H24ClNO5S/c1-4-16(13-22)21(27(23,24)17-8-6-15(20)7-9-17)12-14-5-10-18(25-2)19(11-14)26-3/h5-11,16,22H,4,12-13H2,1-3H3/t16-/m0/s1. The molecule has 2 rings (SSSR count). The molecule has 2 aromatic rings. The van der Waals surface area contributed by atoms with E-state index in [4.69, 9.17) is 21.1 Å². The SMILES string of the molecule is CC[C@@H](CO)N(Cc1ccc(OC)c(OC)c1)S(=O)(=O)c1ccc(Cl)cc1. The van der Waals surface area contributed by atoms with Gasteiger partial charge >= 0.3 is 0 Å². The van der Waals surface area contributed by atoms with Crippen LogP contribution in [0.4, 0.5) is 0 Å². The van der Waals surface area contributed by atoms with Gasteiger partial charge in [-0.05, 0) is 48.4 Å². The third kappa shape index (κ3) is 4.93. The Balaban J connectivity index is 2.45. The van der Waals surface area contributed by atoms with Crippen molar-refractivity contribution in [2.24, 2.45) is 0 Å². The van der Waals surface area contributed by atoms with Crippen LogP contribution in [-0.4, -0.2) is 44.7 Å². The Labute approximate surface area is 165 Å². The third-order valence-corrected chi connectivity index (χ3v) is 6.46. The molecule has 0 saturated heterocycles. The summed E-state index contributed by atoms with van der Waals surface area (Å²) in [4.78, 5) is 0.124. The van der Waals surface area contributed by atoms with Crippen molar-refractivity contribution in [3.63, 3.8) is 0 Å². The Bertz CT molecular complexity index is 851. The van der Waals surface area contributed by atoms with Crippen LogP contribution in [0, 0.1) is 0 Å². The summed E-state index contributed by atoms with van der Waals surface area (Å²) in [6.45, 7) is 1.64. The Kier molecular flexibility index (Phi) is 7.49. The highest BCUT2D eigenvalue weighted by atomic mass is 35.5. The number of hydrogen-bond acceptors (Lipinski definition) is 5. The predicted molar refractivity (Wildman–Crippen MR) is 105 cm³/mol. The highest BCUT2D eigenvalue weighted by Gasteiger charge is 2.30. The molecule has 27 heavy (non-hydrogen) atoms. The van der Waals surface area contributed by atoms with Crippen molar-refractivity contribution in [1.29, 1.82) is 0 Å². The second kappa shape index (κ2) is 9.41. The van der Waals surface area contributed by atoms with Crippen LogP contribution in [0.3, 0.4) is 0 Å². The molecule has 148 valence electrons. The molecule has 0 unspecified atom stereocenters. The molecule has 0 bridgehead atoms. The van der Waals surface area contributed by atoms with E-state index >= 15 is 0 Å². The highest BCUT2D eigenvalue weighted by Crippen LogP contribution is 2.30. The van der Waals surface area contributed by atoms with Crippen LogP contribution >= 0.6 is 11.6 Å². The number of ether oxygens (including phenoxy) is 2. The number of hydrogen-bond donors (Lipinski definition) is 1. The van der Waals surface area contributed by atoms with Gasteiger partial charge < -0.3 is 14.6 Å². The van der Waals surface area contributed by atoms with Crippen LogP contribution in [0.25, 0.3) is 0 Å². The number of methoxy groups -OCH3 is 2. The normalized spacial score (nSPS) is 12.8. The zero-order valence-electron chi connectivity index (χ0n) is 15.6. The van der Waals surface area contributed by atoms with Gasteiger partial charge in [0, 0.05) is 17.6 Å². The van der Waals surface area contributed by atoms with Crippen molar-refractivity contribution in [2.45, 2.75) is 30.8 Å². The minimum atomic E-state index is -3.83. The Hall–Kier alpha value is -1.80. The van der Waals surface area contributed by atoms with Crippen molar-refractivity contribution >= 4 is 21.6 Å². The zero-order valence-corrected chi connectivity index (χ0v) is 17.1. The van der Waals surface area contributed by atoms with E-state index in [1.54, 1.807) is 18.2 Å². The second-order valence-electron chi connectivity index (χ2n) is 5.94. The number of benzene rings is 2. The Morgan fingerprint density at radius 2 is 1.70 bits per heavy atom. The molecule has 0 amide bonds. The summed E-state index contributed by atoms with van der Waals surface area (Å²) in [5, 5.41) is 10.2.